The first-order chi connectivity index (χ1) is 13.3. The Bertz CT molecular complexity index is 1240. The second-order valence-corrected chi connectivity index (χ2v) is 8.85. The third-order valence-electron chi connectivity index (χ3n) is 4.59. The number of nitrogens with two attached hydrogens (primary N) is 1. The molecule has 1 amide bonds. The van der Waals surface area contributed by atoms with E-state index < -0.39 is 15.7 Å². The van der Waals surface area contributed by atoms with Crippen LogP contribution in [0.4, 0.5) is 11.4 Å². The number of anilines is 2. The van der Waals surface area contributed by atoms with Gasteiger partial charge in [0.15, 0.2) is 9.84 Å². The van der Waals surface area contributed by atoms with E-state index in [-0.39, 0.29) is 15.6 Å². The molecule has 1 aromatic heterocycles. The van der Waals surface area contributed by atoms with Crippen molar-refractivity contribution < 1.29 is 17.9 Å². The molecule has 144 valence electrons. The van der Waals surface area contributed by atoms with Crippen LogP contribution in [0.1, 0.15) is 15.9 Å². The van der Waals surface area contributed by atoms with Gasteiger partial charge in [-0.05, 0) is 30.3 Å². The number of benzene rings is 2. The van der Waals surface area contributed by atoms with Crippen molar-refractivity contribution in [2.75, 3.05) is 18.2 Å². The summed E-state index contributed by atoms with van der Waals surface area (Å²) in [5.41, 5.74) is 7.98. The third kappa shape index (κ3) is 3.14. The van der Waals surface area contributed by atoms with Crippen LogP contribution in [-0.4, -0.2) is 32.2 Å². The summed E-state index contributed by atoms with van der Waals surface area (Å²) < 4.78 is 29.6. The molecule has 2 aromatic carbocycles. The highest BCUT2D eigenvalue weighted by Crippen LogP contribution is 2.38. The quantitative estimate of drug-likeness (QED) is 0.631. The van der Waals surface area contributed by atoms with Crippen LogP contribution in [0.25, 0.3) is 10.9 Å². The minimum absolute atomic E-state index is 0.00339. The molecule has 9 heteroatoms. The lowest BCUT2D eigenvalue weighted by Crippen LogP contribution is -2.15. The van der Waals surface area contributed by atoms with Crippen LogP contribution >= 0.6 is 11.6 Å². The number of carbonyl (C=O) groups excluding carboxylic acids is 1. The molecule has 28 heavy (non-hydrogen) atoms. The molecule has 0 bridgehead atoms. The Labute approximate surface area is 166 Å². The van der Waals surface area contributed by atoms with Gasteiger partial charge < -0.3 is 15.8 Å². The first kappa shape index (κ1) is 18.5. The lowest BCUT2D eigenvalue weighted by Gasteiger charge is -2.17. The van der Waals surface area contributed by atoms with Gasteiger partial charge in [0.1, 0.15) is 16.5 Å². The summed E-state index contributed by atoms with van der Waals surface area (Å²) in [5.74, 6) is -0.0117. The zero-order chi connectivity index (χ0) is 20.1. The number of hydrogen-bond donors (Lipinski definition) is 2. The molecule has 0 atom stereocenters. The second-order valence-electron chi connectivity index (χ2n) is 6.47. The van der Waals surface area contributed by atoms with E-state index >= 15 is 0 Å². The van der Waals surface area contributed by atoms with Gasteiger partial charge in [0.05, 0.1) is 22.7 Å². The standard InChI is InChI=1S/C19H16ClN3O4S/c1-28(25,26)10-5-6-14-12(9-10)17(16(19(21)24)18(20)23-14)22-13-3-2-4-15-11(13)7-8-27-15/h2-6,9H,7-8H2,1H3,(H2,21,24)(H,22,23). The van der Waals surface area contributed by atoms with E-state index in [0.717, 1.165) is 23.3 Å². The molecule has 1 aliphatic rings. The van der Waals surface area contributed by atoms with Crippen LogP contribution in [0.5, 0.6) is 5.75 Å². The molecule has 0 aliphatic carbocycles. The zero-order valence-electron chi connectivity index (χ0n) is 14.8. The molecular weight excluding hydrogens is 402 g/mol. The Balaban J connectivity index is 2.00. The molecule has 0 saturated heterocycles. The van der Waals surface area contributed by atoms with E-state index in [2.05, 4.69) is 10.3 Å². The number of halogens is 1. The number of sulfone groups is 1. The van der Waals surface area contributed by atoms with Crippen molar-refractivity contribution in [3.05, 3.63) is 52.7 Å². The van der Waals surface area contributed by atoms with Gasteiger partial charge in [-0.3, -0.25) is 4.79 Å². The summed E-state index contributed by atoms with van der Waals surface area (Å²) in [6, 6.07) is 9.99. The monoisotopic (exact) mass is 417 g/mol. The number of fused-ring (bicyclic) bond motifs is 2. The normalized spacial score (nSPS) is 13.2. The zero-order valence-corrected chi connectivity index (χ0v) is 16.4. The average molecular weight is 418 g/mol. The lowest BCUT2D eigenvalue weighted by molar-refractivity contribution is 0.100. The highest BCUT2D eigenvalue weighted by Gasteiger charge is 2.22. The minimum Gasteiger partial charge on any atom is -0.493 e. The maximum atomic E-state index is 12.1. The van der Waals surface area contributed by atoms with Crippen LogP contribution in [0.3, 0.4) is 0 Å². The van der Waals surface area contributed by atoms with Crippen LogP contribution < -0.4 is 15.8 Å². The Morgan fingerprint density at radius 3 is 2.79 bits per heavy atom. The molecule has 0 spiro atoms. The molecule has 2 heterocycles. The fourth-order valence-electron chi connectivity index (χ4n) is 3.27. The van der Waals surface area contributed by atoms with Gasteiger partial charge in [-0.15, -0.1) is 0 Å². The Hall–Kier alpha value is -2.84. The van der Waals surface area contributed by atoms with E-state index in [4.69, 9.17) is 22.1 Å². The summed E-state index contributed by atoms with van der Waals surface area (Å²) in [7, 11) is -3.46. The SMILES string of the molecule is CS(=O)(=O)c1ccc2nc(Cl)c(C(N)=O)c(Nc3cccc4c3CCO4)c2c1. The number of rotatable bonds is 4. The highest BCUT2D eigenvalue weighted by molar-refractivity contribution is 7.90. The summed E-state index contributed by atoms with van der Waals surface area (Å²) in [6.07, 6.45) is 1.82. The molecule has 1 aliphatic heterocycles. The van der Waals surface area contributed by atoms with Gasteiger partial charge in [0, 0.05) is 29.3 Å². The minimum atomic E-state index is -3.46. The van der Waals surface area contributed by atoms with Gasteiger partial charge in [0.25, 0.3) is 5.91 Å². The summed E-state index contributed by atoms with van der Waals surface area (Å²) in [5, 5.41) is 3.59. The maximum Gasteiger partial charge on any atom is 0.253 e. The molecule has 3 aromatic rings. The number of aromatic nitrogens is 1. The summed E-state index contributed by atoms with van der Waals surface area (Å²) in [6.45, 7) is 0.562. The van der Waals surface area contributed by atoms with E-state index in [1.165, 1.54) is 12.1 Å². The number of hydrogen-bond acceptors (Lipinski definition) is 6. The van der Waals surface area contributed by atoms with Crippen molar-refractivity contribution >= 4 is 49.6 Å². The van der Waals surface area contributed by atoms with Gasteiger partial charge in [-0.25, -0.2) is 13.4 Å². The van der Waals surface area contributed by atoms with E-state index in [1.807, 2.05) is 18.2 Å². The van der Waals surface area contributed by atoms with Crippen LogP contribution in [0.2, 0.25) is 5.15 Å². The van der Waals surface area contributed by atoms with Gasteiger partial charge in [-0.2, -0.15) is 0 Å². The van der Waals surface area contributed by atoms with E-state index in [0.29, 0.717) is 29.6 Å². The predicted molar refractivity (Wildman–Crippen MR) is 107 cm³/mol. The number of nitrogens with one attached hydrogen (secondary N) is 1. The van der Waals surface area contributed by atoms with Crippen LogP contribution in [0.15, 0.2) is 41.3 Å². The fraction of sp³-hybridized carbons (Fsp3) is 0.158. The summed E-state index contributed by atoms with van der Waals surface area (Å²) in [4.78, 5) is 16.4. The lowest BCUT2D eigenvalue weighted by atomic mass is 10.1. The molecule has 3 N–H and O–H groups in total. The molecule has 0 unspecified atom stereocenters. The van der Waals surface area contributed by atoms with Crippen LogP contribution in [-0.2, 0) is 16.3 Å². The third-order valence-corrected chi connectivity index (χ3v) is 5.97. The largest absolute Gasteiger partial charge is 0.493 e. The Morgan fingerprint density at radius 1 is 1.29 bits per heavy atom. The topological polar surface area (TPSA) is 111 Å². The number of ether oxygens (including phenoxy) is 1. The first-order valence-electron chi connectivity index (χ1n) is 8.40. The predicted octanol–water partition coefficient (Wildman–Crippen LogP) is 3.07. The number of nitrogens with zero attached hydrogens (tertiary/aromatic N) is 1. The van der Waals surface area contributed by atoms with Crippen molar-refractivity contribution in [2.24, 2.45) is 5.73 Å². The molecule has 7 nitrogen and oxygen atoms in total. The molecule has 4 rings (SSSR count). The number of amides is 1. The Kier molecular flexibility index (Phi) is 4.40. The smallest absolute Gasteiger partial charge is 0.253 e. The average Bonchev–Trinajstić information content (AvgIpc) is 3.10. The van der Waals surface area contributed by atoms with Crippen molar-refractivity contribution in [3.8, 4) is 5.75 Å². The van der Waals surface area contributed by atoms with Crippen molar-refractivity contribution in [2.45, 2.75) is 11.3 Å². The van der Waals surface area contributed by atoms with Crippen molar-refractivity contribution in [1.82, 2.24) is 4.98 Å². The van der Waals surface area contributed by atoms with Crippen molar-refractivity contribution in [3.63, 3.8) is 0 Å². The molecule has 0 saturated carbocycles. The summed E-state index contributed by atoms with van der Waals surface area (Å²) >= 11 is 6.22. The van der Waals surface area contributed by atoms with Crippen molar-refractivity contribution in [1.29, 1.82) is 0 Å². The molecule has 0 fully saturated rings. The van der Waals surface area contributed by atoms with Gasteiger partial charge >= 0.3 is 0 Å². The van der Waals surface area contributed by atoms with Gasteiger partial charge in [-0.1, -0.05) is 17.7 Å². The highest BCUT2D eigenvalue weighted by atomic mass is 35.5. The fourth-order valence-corrected chi connectivity index (χ4v) is 4.20. The first-order valence-corrected chi connectivity index (χ1v) is 10.7. The van der Waals surface area contributed by atoms with Crippen LogP contribution in [0, 0.1) is 0 Å². The van der Waals surface area contributed by atoms with E-state index in [9.17, 15) is 13.2 Å². The van der Waals surface area contributed by atoms with E-state index in [1.54, 1.807) is 6.07 Å². The molecule has 0 radical (unpaired) electrons. The number of primary amides is 1. The van der Waals surface area contributed by atoms with Gasteiger partial charge in [0.2, 0.25) is 0 Å². The maximum absolute atomic E-state index is 12.1. The number of pyridine rings is 1. The second kappa shape index (κ2) is 6.65. The number of carbonyl (C=O) groups is 1. The molecular formula is C19H16ClN3O4S. The Morgan fingerprint density at radius 2 is 2.07 bits per heavy atom.